The maximum atomic E-state index is 10.4. The van der Waals surface area contributed by atoms with E-state index in [1.54, 1.807) is 0 Å². The van der Waals surface area contributed by atoms with E-state index in [-0.39, 0.29) is 28.4 Å². The third-order valence-electron chi connectivity index (χ3n) is 0.912. The van der Waals surface area contributed by atoms with Gasteiger partial charge in [0, 0.05) is 6.42 Å². The summed E-state index contributed by atoms with van der Waals surface area (Å²) in [7, 11) is 0. The molecule has 6 heteroatoms. The van der Waals surface area contributed by atoms with Crippen molar-refractivity contribution < 1.29 is 9.59 Å². The Kier molecular flexibility index (Phi) is 5.91. The average molecular weight is 263 g/mol. The van der Waals surface area contributed by atoms with E-state index < -0.39 is 0 Å². The summed E-state index contributed by atoms with van der Waals surface area (Å²) in [5.74, 6) is -0.424. The van der Waals surface area contributed by atoms with E-state index in [4.69, 9.17) is 23.2 Å². The molecule has 1 saturated heterocycles. The zero-order chi connectivity index (χ0) is 8.85. The summed E-state index contributed by atoms with van der Waals surface area (Å²) in [4.78, 5) is 20.4. The van der Waals surface area contributed by atoms with Crippen LogP contribution in [0.3, 0.4) is 0 Å². The molecule has 2 amide bonds. The first kappa shape index (κ1) is 11.2. The van der Waals surface area contributed by atoms with E-state index in [0.717, 1.165) is 0 Å². The minimum Gasteiger partial charge on any atom is -0.295 e. The fourth-order valence-corrected chi connectivity index (χ4v) is 0.931. The van der Waals surface area contributed by atoms with E-state index in [0.29, 0.717) is 0 Å². The Balaban J connectivity index is 0.000000292. The molecule has 0 aromatic carbocycles. The predicted octanol–water partition coefficient (Wildman–Crippen LogP) is 1.22. The van der Waals surface area contributed by atoms with Crippen LogP contribution >= 0.6 is 39.1 Å². The molecule has 64 valence electrons. The molecule has 0 bridgehead atoms. The topological polar surface area (TPSA) is 46.2 Å². The molecule has 1 aliphatic rings. The van der Waals surface area contributed by atoms with Crippen molar-refractivity contribution in [1.29, 1.82) is 0 Å². The fraction of sp³-hybridized carbons (Fsp3) is 0.600. The highest BCUT2D eigenvalue weighted by atomic mass is 79.9. The van der Waals surface area contributed by atoms with Crippen molar-refractivity contribution in [2.24, 2.45) is 0 Å². The van der Waals surface area contributed by atoms with Gasteiger partial charge in [0.15, 0.2) is 0 Å². The second-order valence-corrected chi connectivity index (χ2v) is 3.60. The third-order valence-corrected chi connectivity index (χ3v) is 1.65. The molecule has 1 unspecified atom stereocenters. The van der Waals surface area contributed by atoms with Crippen molar-refractivity contribution in [3.63, 3.8) is 0 Å². The van der Waals surface area contributed by atoms with Crippen LogP contribution in [-0.4, -0.2) is 22.0 Å². The average Bonchev–Trinajstić information content (AvgIpc) is 2.12. The molecule has 0 aromatic rings. The molecule has 0 aliphatic carbocycles. The highest BCUT2D eigenvalue weighted by Crippen LogP contribution is 2.10. The lowest BCUT2D eigenvalue weighted by molar-refractivity contribution is -0.124. The van der Waals surface area contributed by atoms with Gasteiger partial charge in [0.2, 0.25) is 11.8 Å². The van der Waals surface area contributed by atoms with Gasteiger partial charge in [0.25, 0.3) is 0 Å². The number of hydrogen-bond donors (Lipinski definition) is 1. The second-order valence-electron chi connectivity index (χ2n) is 1.69. The van der Waals surface area contributed by atoms with Gasteiger partial charge in [-0.05, 0) is 0 Å². The monoisotopic (exact) mass is 261 g/mol. The van der Waals surface area contributed by atoms with Crippen molar-refractivity contribution >= 4 is 50.9 Å². The quantitative estimate of drug-likeness (QED) is 0.527. The Labute approximate surface area is 82.5 Å². The first-order valence-electron chi connectivity index (χ1n) is 2.71. The highest BCUT2D eigenvalue weighted by Gasteiger charge is 2.27. The van der Waals surface area contributed by atoms with Crippen LogP contribution in [-0.2, 0) is 9.59 Å². The van der Waals surface area contributed by atoms with E-state index in [1.165, 1.54) is 0 Å². The van der Waals surface area contributed by atoms with Gasteiger partial charge in [0.1, 0.15) is 4.83 Å². The van der Waals surface area contributed by atoms with Gasteiger partial charge in [0.05, 0.1) is 5.34 Å². The van der Waals surface area contributed by atoms with Gasteiger partial charge in [-0.3, -0.25) is 14.9 Å². The number of rotatable bonds is 0. The second kappa shape index (κ2) is 5.80. The molecule has 1 N–H and O–H groups in total. The largest absolute Gasteiger partial charge is 0.295 e. The maximum absolute atomic E-state index is 10.4. The van der Waals surface area contributed by atoms with Crippen LogP contribution in [0, 0.1) is 0 Å². The molecule has 1 rings (SSSR count). The van der Waals surface area contributed by atoms with Crippen LogP contribution in [0.25, 0.3) is 0 Å². The van der Waals surface area contributed by atoms with Crippen molar-refractivity contribution in [2.45, 2.75) is 11.2 Å². The molecule has 0 aromatic heterocycles. The molecule has 1 atom stereocenters. The van der Waals surface area contributed by atoms with Gasteiger partial charge in [-0.15, -0.1) is 23.2 Å². The van der Waals surface area contributed by atoms with Gasteiger partial charge in [-0.2, -0.15) is 0 Å². The van der Waals surface area contributed by atoms with Crippen LogP contribution in [0.5, 0.6) is 0 Å². The normalized spacial score (nSPS) is 22.3. The SMILES string of the molecule is ClCCl.O=C1CC(Br)C(=O)N1. The van der Waals surface area contributed by atoms with Crippen LogP contribution in [0.15, 0.2) is 0 Å². The minimum atomic E-state index is -0.296. The predicted molar refractivity (Wildman–Crippen MR) is 47.1 cm³/mol. The molecular weight excluding hydrogens is 257 g/mol. The smallest absolute Gasteiger partial charge is 0.240 e. The maximum Gasteiger partial charge on any atom is 0.240 e. The van der Waals surface area contributed by atoms with Gasteiger partial charge < -0.3 is 0 Å². The van der Waals surface area contributed by atoms with Crippen LogP contribution < -0.4 is 5.32 Å². The Morgan fingerprint density at radius 2 is 2.00 bits per heavy atom. The molecule has 3 nitrogen and oxygen atoms in total. The van der Waals surface area contributed by atoms with Crippen LogP contribution in [0.1, 0.15) is 6.42 Å². The number of carbonyl (C=O) groups excluding carboxylic acids is 2. The third kappa shape index (κ3) is 4.61. The van der Waals surface area contributed by atoms with Crippen molar-refractivity contribution in [3.8, 4) is 0 Å². The Bertz CT molecular complexity index is 165. The molecule has 1 fully saturated rings. The van der Waals surface area contributed by atoms with Crippen molar-refractivity contribution in [1.82, 2.24) is 5.32 Å². The number of carbonyl (C=O) groups is 2. The zero-order valence-corrected chi connectivity index (χ0v) is 8.54. The van der Waals surface area contributed by atoms with Crippen molar-refractivity contribution in [3.05, 3.63) is 0 Å². The standard InChI is InChI=1S/C4H4BrNO2.CH2Cl2/c5-2-1-3(7)6-4(2)8;2-1-3/h2H,1H2,(H,6,7,8);1H2. The Hall–Kier alpha value is 0.200. The lowest BCUT2D eigenvalue weighted by Crippen LogP contribution is -2.21. The molecule has 0 spiro atoms. The van der Waals surface area contributed by atoms with E-state index >= 15 is 0 Å². The zero-order valence-electron chi connectivity index (χ0n) is 5.44. The first-order chi connectivity index (χ1) is 5.11. The van der Waals surface area contributed by atoms with E-state index in [1.807, 2.05) is 0 Å². The molecular formula is C5H6BrCl2NO2. The molecule has 0 saturated carbocycles. The van der Waals surface area contributed by atoms with E-state index in [9.17, 15) is 9.59 Å². The summed E-state index contributed by atoms with van der Waals surface area (Å²) >= 11 is 12.5. The summed E-state index contributed by atoms with van der Waals surface area (Å²) in [6.07, 6.45) is 0.277. The minimum absolute atomic E-state index is 0.194. The number of halogens is 3. The summed E-state index contributed by atoms with van der Waals surface area (Å²) in [5, 5.41) is 2.34. The highest BCUT2D eigenvalue weighted by molar-refractivity contribution is 9.10. The van der Waals surface area contributed by atoms with Crippen molar-refractivity contribution in [2.75, 3.05) is 5.34 Å². The van der Waals surface area contributed by atoms with Gasteiger partial charge in [-0.25, -0.2) is 0 Å². The Morgan fingerprint density at radius 3 is 2.09 bits per heavy atom. The first-order valence-corrected chi connectivity index (χ1v) is 4.70. The summed E-state index contributed by atoms with van der Waals surface area (Å²) in [6, 6.07) is 0. The number of amides is 2. The number of imide groups is 1. The lowest BCUT2D eigenvalue weighted by atomic mass is 10.4. The fourth-order valence-electron chi connectivity index (χ4n) is 0.522. The van der Waals surface area contributed by atoms with Crippen LogP contribution in [0.4, 0.5) is 0 Å². The molecule has 0 radical (unpaired) electrons. The van der Waals surface area contributed by atoms with Gasteiger partial charge in [-0.1, -0.05) is 15.9 Å². The summed E-state index contributed by atoms with van der Waals surface area (Å²) < 4.78 is 0. The van der Waals surface area contributed by atoms with E-state index in [2.05, 4.69) is 21.2 Å². The summed E-state index contributed by atoms with van der Waals surface area (Å²) in [5.41, 5.74) is 0. The molecule has 1 aliphatic heterocycles. The lowest BCUT2D eigenvalue weighted by Gasteiger charge is -1.86. The summed E-state index contributed by atoms with van der Waals surface area (Å²) in [6.45, 7) is 0. The number of hydrogen-bond acceptors (Lipinski definition) is 2. The molecule has 1 heterocycles. The number of nitrogens with one attached hydrogen (secondary N) is 1. The van der Waals surface area contributed by atoms with Gasteiger partial charge >= 0.3 is 0 Å². The molecule has 11 heavy (non-hydrogen) atoms. The number of alkyl halides is 3. The van der Waals surface area contributed by atoms with Crippen LogP contribution in [0.2, 0.25) is 0 Å². The Morgan fingerprint density at radius 1 is 1.55 bits per heavy atom.